The highest BCUT2D eigenvalue weighted by molar-refractivity contribution is 9.08. The lowest BCUT2D eigenvalue weighted by atomic mass is 10.1. The highest BCUT2D eigenvalue weighted by Crippen LogP contribution is 2.24. The minimum Gasteiger partial charge on any atom is -0.383 e. The summed E-state index contributed by atoms with van der Waals surface area (Å²) >= 11 is 3.41. The second kappa shape index (κ2) is 7.40. The molecule has 18 heavy (non-hydrogen) atoms. The molecule has 1 atom stereocenters. The molecule has 0 bridgehead atoms. The first kappa shape index (κ1) is 15.0. The summed E-state index contributed by atoms with van der Waals surface area (Å²) in [4.78, 5) is 2.19. The Hall–Kier alpha value is -1.05. The van der Waals surface area contributed by atoms with Gasteiger partial charge in [0, 0.05) is 25.0 Å². The molecule has 0 spiro atoms. The monoisotopic (exact) mass is 310 g/mol. The van der Waals surface area contributed by atoms with Gasteiger partial charge < -0.3 is 9.64 Å². The number of methoxy groups -OCH3 is 1. The lowest BCUT2D eigenvalue weighted by molar-refractivity contribution is 0.182. The van der Waals surface area contributed by atoms with Gasteiger partial charge in [-0.1, -0.05) is 22.0 Å². The molecule has 1 rings (SSSR count). The minimum atomic E-state index is 0.252. The van der Waals surface area contributed by atoms with Gasteiger partial charge in [-0.3, -0.25) is 0 Å². The van der Waals surface area contributed by atoms with Gasteiger partial charge in [0.2, 0.25) is 0 Å². The molecular weight excluding hydrogens is 292 g/mol. The third-order valence-corrected chi connectivity index (χ3v) is 3.57. The molecule has 0 N–H and O–H groups in total. The molecular formula is C14H19BrN2O. The third kappa shape index (κ3) is 3.47. The zero-order valence-corrected chi connectivity index (χ0v) is 12.7. The number of likely N-dealkylation sites (N-methyl/N-ethyl adjacent to an activating group) is 1. The molecule has 0 amide bonds. The average Bonchev–Trinajstić information content (AvgIpc) is 2.40. The SMILES string of the molecule is CCN(c1ccc(CBr)cc1C#N)C(C)COC. The first-order valence-electron chi connectivity index (χ1n) is 6.02. The molecule has 0 saturated carbocycles. The summed E-state index contributed by atoms with van der Waals surface area (Å²) in [6.07, 6.45) is 0. The van der Waals surface area contributed by atoms with Crippen LogP contribution in [0.1, 0.15) is 25.0 Å². The van der Waals surface area contributed by atoms with Crippen LogP contribution in [0.15, 0.2) is 18.2 Å². The van der Waals surface area contributed by atoms with E-state index in [1.165, 1.54) is 0 Å². The predicted octanol–water partition coefficient (Wildman–Crippen LogP) is 3.31. The van der Waals surface area contributed by atoms with E-state index in [1.54, 1.807) is 7.11 Å². The normalized spacial score (nSPS) is 11.9. The van der Waals surface area contributed by atoms with Gasteiger partial charge in [0.1, 0.15) is 6.07 Å². The first-order chi connectivity index (χ1) is 8.67. The van der Waals surface area contributed by atoms with Crippen molar-refractivity contribution in [3.63, 3.8) is 0 Å². The van der Waals surface area contributed by atoms with E-state index >= 15 is 0 Å². The summed E-state index contributed by atoms with van der Waals surface area (Å²) in [6.45, 7) is 5.70. The van der Waals surface area contributed by atoms with Crippen LogP contribution in [0.5, 0.6) is 0 Å². The number of hydrogen-bond donors (Lipinski definition) is 0. The van der Waals surface area contributed by atoms with Crippen molar-refractivity contribution >= 4 is 21.6 Å². The van der Waals surface area contributed by atoms with Gasteiger partial charge in [0.05, 0.1) is 17.9 Å². The van der Waals surface area contributed by atoms with Gasteiger partial charge in [0.25, 0.3) is 0 Å². The Kier molecular flexibility index (Phi) is 6.17. The fraction of sp³-hybridized carbons (Fsp3) is 0.500. The average molecular weight is 311 g/mol. The number of nitriles is 1. The Morgan fingerprint density at radius 1 is 1.50 bits per heavy atom. The molecule has 98 valence electrons. The van der Waals surface area contributed by atoms with Crippen molar-refractivity contribution in [2.45, 2.75) is 25.2 Å². The molecule has 0 aliphatic heterocycles. The lowest BCUT2D eigenvalue weighted by Crippen LogP contribution is -2.36. The van der Waals surface area contributed by atoms with E-state index in [0.29, 0.717) is 6.61 Å². The fourth-order valence-corrected chi connectivity index (χ4v) is 2.41. The molecule has 3 nitrogen and oxygen atoms in total. The number of nitrogens with zero attached hydrogens (tertiary/aromatic N) is 2. The van der Waals surface area contributed by atoms with Crippen LogP contribution in [0.3, 0.4) is 0 Å². The quantitative estimate of drug-likeness (QED) is 0.756. The van der Waals surface area contributed by atoms with E-state index in [0.717, 1.165) is 28.7 Å². The number of anilines is 1. The number of ether oxygens (including phenoxy) is 1. The highest BCUT2D eigenvalue weighted by atomic mass is 79.9. The Labute approximate surface area is 117 Å². The van der Waals surface area contributed by atoms with Crippen LogP contribution in [0.4, 0.5) is 5.69 Å². The van der Waals surface area contributed by atoms with Crippen molar-refractivity contribution in [2.24, 2.45) is 0 Å². The van der Waals surface area contributed by atoms with Crippen molar-refractivity contribution < 1.29 is 4.74 Å². The molecule has 0 fully saturated rings. The zero-order chi connectivity index (χ0) is 13.5. The number of halogens is 1. The molecule has 0 radical (unpaired) electrons. The lowest BCUT2D eigenvalue weighted by Gasteiger charge is -2.30. The van der Waals surface area contributed by atoms with Crippen LogP contribution in [0, 0.1) is 11.3 Å². The topological polar surface area (TPSA) is 36.3 Å². The van der Waals surface area contributed by atoms with E-state index in [1.807, 2.05) is 18.2 Å². The largest absolute Gasteiger partial charge is 0.383 e. The van der Waals surface area contributed by atoms with Crippen LogP contribution < -0.4 is 4.90 Å². The Morgan fingerprint density at radius 2 is 2.22 bits per heavy atom. The maximum Gasteiger partial charge on any atom is 0.101 e. The predicted molar refractivity (Wildman–Crippen MR) is 78.1 cm³/mol. The van der Waals surface area contributed by atoms with Gasteiger partial charge in [-0.2, -0.15) is 5.26 Å². The summed E-state index contributed by atoms with van der Waals surface area (Å²) in [7, 11) is 1.70. The molecule has 1 aromatic carbocycles. The van der Waals surface area contributed by atoms with Gasteiger partial charge >= 0.3 is 0 Å². The first-order valence-corrected chi connectivity index (χ1v) is 7.14. The fourth-order valence-electron chi connectivity index (χ4n) is 2.06. The molecule has 1 unspecified atom stereocenters. The van der Waals surface area contributed by atoms with E-state index in [9.17, 15) is 5.26 Å². The van der Waals surface area contributed by atoms with Gasteiger partial charge in [-0.05, 0) is 31.5 Å². The second-order valence-electron chi connectivity index (χ2n) is 4.19. The van der Waals surface area contributed by atoms with Crippen LogP contribution in [0.25, 0.3) is 0 Å². The number of rotatable bonds is 6. The van der Waals surface area contributed by atoms with Gasteiger partial charge in [0.15, 0.2) is 0 Å². The van der Waals surface area contributed by atoms with Crippen LogP contribution in [-0.4, -0.2) is 26.3 Å². The van der Waals surface area contributed by atoms with Crippen molar-refractivity contribution in [2.75, 3.05) is 25.2 Å². The molecule has 0 saturated heterocycles. The molecule has 0 aliphatic rings. The molecule has 4 heteroatoms. The van der Waals surface area contributed by atoms with Crippen LogP contribution in [0.2, 0.25) is 0 Å². The van der Waals surface area contributed by atoms with Crippen molar-refractivity contribution in [1.82, 2.24) is 0 Å². The Morgan fingerprint density at radius 3 is 2.72 bits per heavy atom. The maximum absolute atomic E-state index is 9.27. The molecule has 0 aliphatic carbocycles. The molecule has 1 aromatic rings. The van der Waals surface area contributed by atoms with E-state index < -0.39 is 0 Å². The summed E-state index contributed by atoms with van der Waals surface area (Å²) in [5.41, 5.74) is 2.82. The van der Waals surface area contributed by atoms with Gasteiger partial charge in [-0.15, -0.1) is 0 Å². The minimum absolute atomic E-state index is 0.252. The standard InChI is InChI=1S/C14H19BrN2O/c1-4-17(11(2)10-18-3)14-6-5-12(8-15)7-13(14)9-16/h5-7,11H,4,8,10H2,1-3H3. The number of benzene rings is 1. The number of alkyl halides is 1. The van der Waals surface area contributed by atoms with E-state index in [2.05, 4.69) is 40.7 Å². The van der Waals surface area contributed by atoms with E-state index in [-0.39, 0.29) is 6.04 Å². The summed E-state index contributed by atoms with van der Waals surface area (Å²) in [6, 6.07) is 8.53. The Bertz CT molecular complexity index is 428. The molecule has 0 aromatic heterocycles. The highest BCUT2D eigenvalue weighted by Gasteiger charge is 2.16. The van der Waals surface area contributed by atoms with E-state index in [4.69, 9.17) is 4.74 Å². The van der Waals surface area contributed by atoms with Crippen molar-refractivity contribution in [1.29, 1.82) is 5.26 Å². The van der Waals surface area contributed by atoms with Crippen LogP contribution >= 0.6 is 15.9 Å². The number of hydrogen-bond acceptors (Lipinski definition) is 3. The van der Waals surface area contributed by atoms with Crippen molar-refractivity contribution in [3.8, 4) is 6.07 Å². The van der Waals surface area contributed by atoms with Gasteiger partial charge in [-0.25, -0.2) is 0 Å². The Balaban J connectivity index is 3.09. The third-order valence-electron chi connectivity index (χ3n) is 2.93. The second-order valence-corrected chi connectivity index (χ2v) is 4.75. The summed E-state index contributed by atoms with van der Waals surface area (Å²) in [5, 5.41) is 10.0. The smallest absolute Gasteiger partial charge is 0.101 e. The molecule has 0 heterocycles. The van der Waals surface area contributed by atoms with Crippen molar-refractivity contribution in [3.05, 3.63) is 29.3 Å². The zero-order valence-electron chi connectivity index (χ0n) is 11.1. The van der Waals surface area contributed by atoms with Crippen LogP contribution in [-0.2, 0) is 10.1 Å². The summed E-state index contributed by atoms with van der Waals surface area (Å²) in [5.74, 6) is 0. The summed E-state index contributed by atoms with van der Waals surface area (Å²) < 4.78 is 5.19. The maximum atomic E-state index is 9.27.